The molecule has 182 valence electrons. The summed E-state index contributed by atoms with van der Waals surface area (Å²) in [7, 11) is 0. The summed E-state index contributed by atoms with van der Waals surface area (Å²) in [5.74, 6) is 0.309. The number of benzene rings is 1. The van der Waals surface area contributed by atoms with Crippen molar-refractivity contribution in [3.63, 3.8) is 0 Å². The summed E-state index contributed by atoms with van der Waals surface area (Å²) >= 11 is 0. The molecule has 1 aromatic rings. The lowest BCUT2D eigenvalue weighted by Gasteiger charge is -2.22. The fourth-order valence-corrected chi connectivity index (χ4v) is 3.89. The molecule has 2 N–H and O–H groups in total. The minimum Gasteiger partial charge on any atom is -0.494 e. The Morgan fingerprint density at radius 2 is 1.94 bits per heavy atom. The fraction of sp³-hybridized carbons (Fsp3) is 0.300. The Morgan fingerprint density at radius 3 is 2.66 bits per heavy atom. The first-order valence-corrected chi connectivity index (χ1v) is 12.3. The summed E-state index contributed by atoms with van der Waals surface area (Å²) in [5.41, 5.74) is 11.4. The minimum atomic E-state index is -0.514. The van der Waals surface area contributed by atoms with Gasteiger partial charge in [-0.05, 0) is 67.7 Å². The summed E-state index contributed by atoms with van der Waals surface area (Å²) in [6.45, 7) is 6.84. The first-order chi connectivity index (χ1) is 17.0. The number of fused-ring (bicyclic) bond motifs is 1. The van der Waals surface area contributed by atoms with Gasteiger partial charge in [0.05, 0.1) is 12.6 Å². The highest BCUT2D eigenvalue weighted by atomic mass is 16.5. The number of allylic oxidation sites excluding steroid dienone is 7. The van der Waals surface area contributed by atoms with E-state index >= 15 is 0 Å². The molecule has 5 nitrogen and oxygen atoms in total. The van der Waals surface area contributed by atoms with E-state index in [1.807, 2.05) is 68.8 Å². The van der Waals surface area contributed by atoms with Crippen molar-refractivity contribution < 1.29 is 9.53 Å². The van der Waals surface area contributed by atoms with Crippen molar-refractivity contribution in [2.24, 2.45) is 15.7 Å². The van der Waals surface area contributed by atoms with Crippen LogP contribution in [0, 0.1) is 0 Å². The van der Waals surface area contributed by atoms with Crippen molar-refractivity contribution in [1.82, 2.24) is 0 Å². The van der Waals surface area contributed by atoms with Crippen LogP contribution >= 0.6 is 0 Å². The maximum absolute atomic E-state index is 11.7. The van der Waals surface area contributed by atoms with E-state index in [-0.39, 0.29) is 6.04 Å². The van der Waals surface area contributed by atoms with E-state index < -0.39 is 5.91 Å². The van der Waals surface area contributed by atoms with Gasteiger partial charge in [0.2, 0.25) is 0 Å². The predicted molar refractivity (Wildman–Crippen MR) is 147 cm³/mol. The number of carbonyl (C=O) groups is 1. The smallest absolute Gasteiger partial charge is 0.266 e. The van der Waals surface area contributed by atoms with Gasteiger partial charge in [-0.25, -0.2) is 0 Å². The van der Waals surface area contributed by atoms with Crippen LogP contribution in [-0.4, -0.2) is 30.5 Å². The fourth-order valence-electron chi connectivity index (χ4n) is 3.89. The van der Waals surface area contributed by atoms with Crippen molar-refractivity contribution in [3.05, 3.63) is 95.3 Å². The van der Waals surface area contributed by atoms with Gasteiger partial charge in [0, 0.05) is 18.8 Å². The lowest BCUT2D eigenvalue weighted by atomic mass is 9.89. The van der Waals surface area contributed by atoms with Crippen molar-refractivity contribution in [2.75, 3.05) is 6.61 Å². The number of nitrogens with two attached hydrogens (primary N) is 1. The Hall–Kier alpha value is -3.73. The molecule has 35 heavy (non-hydrogen) atoms. The number of carbonyl (C=O) groups excluding carboxylic acids is 1. The summed E-state index contributed by atoms with van der Waals surface area (Å²) in [6, 6.07) is 7.64. The lowest BCUT2D eigenvalue weighted by molar-refractivity contribution is -0.111. The maximum atomic E-state index is 11.7. The number of primary amides is 1. The quantitative estimate of drug-likeness (QED) is 0.508. The van der Waals surface area contributed by atoms with Crippen LogP contribution < -0.4 is 10.5 Å². The van der Waals surface area contributed by atoms with Gasteiger partial charge in [0.25, 0.3) is 5.91 Å². The molecule has 0 radical (unpaired) electrons. The first kappa shape index (κ1) is 25.9. The highest BCUT2D eigenvalue weighted by Crippen LogP contribution is 2.33. The Balaban J connectivity index is 0.000000261. The van der Waals surface area contributed by atoms with E-state index in [0.29, 0.717) is 12.3 Å². The second-order valence-corrected chi connectivity index (χ2v) is 8.54. The Labute approximate surface area is 208 Å². The molecular formula is C30H35N3O2. The molecule has 1 aliphatic carbocycles. The van der Waals surface area contributed by atoms with Crippen LogP contribution in [0.2, 0.25) is 0 Å². The summed E-state index contributed by atoms with van der Waals surface area (Å²) in [6.07, 6.45) is 22.8. The number of hydrogen-bond acceptors (Lipinski definition) is 4. The molecule has 1 aromatic carbocycles. The molecule has 2 aliphatic heterocycles. The van der Waals surface area contributed by atoms with Crippen LogP contribution in [0.15, 0.2) is 99.7 Å². The highest BCUT2D eigenvalue weighted by Gasteiger charge is 2.24. The summed E-state index contributed by atoms with van der Waals surface area (Å²) in [4.78, 5) is 20.2. The number of rotatable bonds is 7. The third-order valence-electron chi connectivity index (χ3n) is 5.80. The normalized spacial score (nSPS) is 18.4. The summed E-state index contributed by atoms with van der Waals surface area (Å²) in [5, 5.41) is 0. The Bertz CT molecular complexity index is 1140. The molecule has 0 saturated heterocycles. The average Bonchev–Trinajstić information content (AvgIpc) is 3.24. The number of dihydropyridines is 1. The maximum Gasteiger partial charge on any atom is 0.266 e. The van der Waals surface area contributed by atoms with Gasteiger partial charge in [-0.15, -0.1) is 0 Å². The van der Waals surface area contributed by atoms with Gasteiger partial charge >= 0.3 is 0 Å². The van der Waals surface area contributed by atoms with Gasteiger partial charge in [0.1, 0.15) is 11.5 Å². The van der Waals surface area contributed by atoms with Crippen LogP contribution in [0.1, 0.15) is 52.0 Å². The highest BCUT2D eigenvalue weighted by molar-refractivity contribution is 6.44. The van der Waals surface area contributed by atoms with Crippen LogP contribution in [0.5, 0.6) is 5.75 Å². The molecular weight excluding hydrogens is 434 g/mol. The molecule has 0 bridgehead atoms. The van der Waals surface area contributed by atoms with Gasteiger partial charge in [0.15, 0.2) is 0 Å². The van der Waals surface area contributed by atoms with Gasteiger partial charge in [-0.3, -0.25) is 14.8 Å². The van der Waals surface area contributed by atoms with Crippen molar-refractivity contribution >= 4 is 23.4 Å². The van der Waals surface area contributed by atoms with Gasteiger partial charge in [-0.2, -0.15) is 0 Å². The molecule has 1 amide bonds. The molecule has 0 saturated carbocycles. The molecule has 5 heteroatoms. The Morgan fingerprint density at radius 1 is 1.14 bits per heavy atom. The van der Waals surface area contributed by atoms with Crippen LogP contribution in [0.4, 0.5) is 0 Å². The molecule has 2 heterocycles. The molecule has 3 aliphatic rings. The Kier molecular flexibility index (Phi) is 9.79. The van der Waals surface area contributed by atoms with Gasteiger partial charge < -0.3 is 10.5 Å². The number of ether oxygens (including phenoxy) is 1. The third-order valence-corrected chi connectivity index (χ3v) is 5.80. The van der Waals surface area contributed by atoms with Crippen LogP contribution in [-0.2, 0) is 4.79 Å². The second-order valence-electron chi connectivity index (χ2n) is 8.54. The number of nitrogens with zero attached hydrogens (tertiary/aromatic N) is 2. The first-order valence-electron chi connectivity index (χ1n) is 12.3. The van der Waals surface area contributed by atoms with Crippen molar-refractivity contribution in [2.45, 2.75) is 52.5 Å². The molecule has 0 spiro atoms. The van der Waals surface area contributed by atoms with E-state index in [4.69, 9.17) is 10.5 Å². The topological polar surface area (TPSA) is 77.0 Å². The standard InChI is InChI=1S/C20H20N2O2.C10H15N/c1-3-24-15-8-6-14(7-9-15)17-12-19(20(21)23)22-18-11-5-13(2)4-10-16(17)18;1-2-3-5-10-6-4-8-11-9-7-10/h4-12,18H,3H2,1-2H3,(H2,21,23);4,6,8-9H,2-3,5,7H2,1H3. The van der Waals surface area contributed by atoms with Crippen LogP contribution in [0.25, 0.3) is 5.57 Å². The zero-order valence-electron chi connectivity index (χ0n) is 20.9. The number of aliphatic imine (C=N–C) groups is 2. The third kappa shape index (κ3) is 7.64. The van der Waals surface area contributed by atoms with Gasteiger partial charge in [-0.1, -0.05) is 67.0 Å². The SMILES string of the molecule is CCCCC1=CC=CN=CC1.CCOc1ccc(C2=CC(C(N)=O)=NC3C=CC(C)=CC=C23)cc1. The monoisotopic (exact) mass is 469 g/mol. The molecule has 0 aromatic heterocycles. The molecule has 1 unspecified atom stereocenters. The lowest BCUT2D eigenvalue weighted by Crippen LogP contribution is -2.27. The van der Waals surface area contributed by atoms with Crippen LogP contribution in [0.3, 0.4) is 0 Å². The zero-order valence-corrected chi connectivity index (χ0v) is 20.9. The summed E-state index contributed by atoms with van der Waals surface area (Å²) < 4.78 is 5.50. The van der Waals surface area contributed by atoms with Crippen molar-refractivity contribution in [3.8, 4) is 5.75 Å². The van der Waals surface area contributed by atoms with E-state index in [9.17, 15) is 4.79 Å². The van der Waals surface area contributed by atoms with E-state index in [1.165, 1.54) is 24.8 Å². The zero-order chi connectivity index (χ0) is 25.0. The second kappa shape index (κ2) is 13.2. The number of amides is 1. The van der Waals surface area contributed by atoms with E-state index in [2.05, 4.69) is 35.1 Å². The molecule has 4 rings (SSSR count). The number of hydrogen-bond donors (Lipinski definition) is 1. The van der Waals surface area contributed by atoms with E-state index in [0.717, 1.165) is 34.5 Å². The molecule has 0 fully saturated rings. The minimum absolute atomic E-state index is 0.201. The molecule has 1 atom stereocenters. The van der Waals surface area contributed by atoms with E-state index in [1.54, 1.807) is 6.08 Å². The van der Waals surface area contributed by atoms with Crippen molar-refractivity contribution in [1.29, 1.82) is 0 Å². The number of unbranched alkanes of at least 4 members (excludes halogenated alkanes) is 1. The predicted octanol–water partition coefficient (Wildman–Crippen LogP) is 6.31. The largest absolute Gasteiger partial charge is 0.494 e. The average molecular weight is 470 g/mol.